The first-order chi connectivity index (χ1) is 9.20. The molecule has 0 radical (unpaired) electrons. The lowest BCUT2D eigenvalue weighted by molar-refractivity contribution is -0.125. The molecule has 2 N–H and O–H groups in total. The molecule has 0 aliphatic carbocycles. The van der Waals surface area contributed by atoms with Crippen LogP contribution >= 0.6 is 24.0 Å². The van der Waals surface area contributed by atoms with Gasteiger partial charge in [-0.25, -0.2) is 0 Å². The number of phenolic OH excluding ortho intramolecular Hbond substituents is 2. The number of aromatic hydroxyl groups is 2. The third kappa shape index (κ3) is 2.81. The van der Waals surface area contributed by atoms with Crippen LogP contribution in [0.5, 0.6) is 11.5 Å². The highest BCUT2D eigenvalue weighted by atomic mass is 32.2. The maximum atomic E-state index is 12.4. The van der Waals surface area contributed by atoms with Crippen LogP contribution in [0.25, 0.3) is 6.08 Å². The van der Waals surface area contributed by atoms with E-state index in [1.54, 1.807) is 17.0 Å². The Morgan fingerprint density at radius 2 is 1.90 bits per heavy atom. The highest BCUT2D eigenvalue weighted by Crippen LogP contribution is 2.37. The van der Waals surface area contributed by atoms with Crippen LogP contribution in [0.15, 0.2) is 23.1 Å². The summed E-state index contributed by atoms with van der Waals surface area (Å²) in [5.74, 6) is -0.547. The number of phenols is 2. The molecular weight excluding hydrogens is 294 g/mol. The maximum Gasteiger partial charge on any atom is 0.266 e. The Balaban J connectivity index is 2.35. The van der Waals surface area contributed by atoms with Crippen molar-refractivity contribution in [3.8, 4) is 11.5 Å². The van der Waals surface area contributed by atoms with Crippen LogP contribution in [0.1, 0.15) is 26.3 Å². The van der Waals surface area contributed by atoms with E-state index >= 15 is 0 Å². The van der Waals surface area contributed by atoms with Gasteiger partial charge in [0.25, 0.3) is 5.91 Å². The normalized spacial score (nSPS) is 18.1. The first-order valence-corrected chi connectivity index (χ1v) is 7.22. The Kier molecular flexibility index (Phi) is 3.80. The molecule has 1 amide bonds. The second kappa shape index (κ2) is 5.10. The zero-order chi connectivity index (χ0) is 15.1. The van der Waals surface area contributed by atoms with Gasteiger partial charge in [0.2, 0.25) is 0 Å². The lowest BCUT2D eigenvalue weighted by Crippen LogP contribution is -2.44. The summed E-state index contributed by atoms with van der Waals surface area (Å²) >= 11 is 6.48. The second-order valence-electron chi connectivity index (χ2n) is 5.44. The summed E-state index contributed by atoms with van der Waals surface area (Å²) in [5.41, 5.74) is 0.267. The Bertz CT molecular complexity index is 617. The lowest BCUT2D eigenvalue weighted by atomic mass is 10.1. The Morgan fingerprint density at radius 1 is 1.25 bits per heavy atom. The quantitative estimate of drug-likeness (QED) is 0.474. The third-order valence-electron chi connectivity index (χ3n) is 2.76. The van der Waals surface area contributed by atoms with E-state index in [-0.39, 0.29) is 22.9 Å². The average molecular weight is 309 g/mol. The summed E-state index contributed by atoms with van der Waals surface area (Å²) in [4.78, 5) is 14.4. The van der Waals surface area contributed by atoms with Gasteiger partial charge in [0, 0.05) is 5.54 Å². The van der Waals surface area contributed by atoms with Gasteiger partial charge in [0.1, 0.15) is 4.32 Å². The van der Waals surface area contributed by atoms with Gasteiger partial charge in [-0.05, 0) is 44.5 Å². The number of benzene rings is 1. The molecule has 20 heavy (non-hydrogen) atoms. The van der Waals surface area contributed by atoms with Gasteiger partial charge in [-0.3, -0.25) is 9.69 Å². The van der Waals surface area contributed by atoms with E-state index in [4.69, 9.17) is 12.2 Å². The van der Waals surface area contributed by atoms with Crippen LogP contribution in [0, 0.1) is 0 Å². The topological polar surface area (TPSA) is 60.8 Å². The first-order valence-electron chi connectivity index (χ1n) is 6.00. The van der Waals surface area contributed by atoms with Gasteiger partial charge >= 0.3 is 0 Å². The van der Waals surface area contributed by atoms with Gasteiger partial charge in [-0.15, -0.1) is 0 Å². The molecule has 1 aromatic carbocycles. The molecule has 0 atom stereocenters. The minimum Gasteiger partial charge on any atom is -0.504 e. The van der Waals surface area contributed by atoms with E-state index in [1.807, 2.05) is 20.8 Å². The summed E-state index contributed by atoms with van der Waals surface area (Å²) in [5, 5.41) is 18.7. The van der Waals surface area contributed by atoms with Crippen LogP contribution in [0.2, 0.25) is 0 Å². The molecule has 0 saturated carbocycles. The van der Waals surface area contributed by atoms with Crippen molar-refractivity contribution in [2.24, 2.45) is 0 Å². The van der Waals surface area contributed by atoms with E-state index in [0.29, 0.717) is 14.8 Å². The van der Waals surface area contributed by atoms with Gasteiger partial charge in [0.15, 0.2) is 11.5 Å². The van der Waals surface area contributed by atoms with Crippen molar-refractivity contribution in [1.82, 2.24) is 4.90 Å². The van der Waals surface area contributed by atoms with E-state index < -0.39 is 0 Å². The predicted octanol–water partition coefficient (Wildman–Crippen LogP) is 3.10. The molecule has 0 bridgehead atoms. The zero-order valence-electron chi connectivity index (χ0n) is 11.4. The van der Waals surface area contributed by atoms with Gasteiger partial charge < -0.3 is 10.2 Å². The summed E-state index contributed by atoms with van der Waals surface area (Å²) in [6.45, 7) is 5.77. The van der Waals surface area contributed by atoms with Crippen LogP contribution in [0.3, 0.4) is 0 Å². The molecule has 1 saturated heterocycles. The maximum absolute atomic E-state index is 12.4. The summed E-state index contributed by atoms with van der Waals surface area (Å²) in [7, 11) is 0. The third-order valence-corrected chi connectivity index (χ3v) is 4.06. The van der Waals surface area contributed by atoms with E-state index in [9.17, 15) is 15.0 Å². The molecule has 0 spiro atoms. The number of carbonyl (C=O) groups is 1. The van der Waals surface area contributed by atoms with Crippen molar-refractivity contribution in [2.75, 3.05) is 0 Å². The van der Waals surface area contributed by atoms with Crippen LogP contribution in [0.4, 0.5) is 0 Å². The molecule has 1 aliphatic rings. The minimum absolute atomic E-state index is 0.139. The number of amides is 1. The molecule has 1 aliphatic heterocycles. The van der Waals surface area contributed by atoms with E-state index in [2.05, 4.69) is 0 Å². The molecule has 2 rings (SSSR count). The van der Waals surface area contributed by atoms with Crippen molar-refractivity contribution >= 4 is 40.3 Å². The fraction of sp³-hybridized carbons (Fsp3) is 0.286. The Morgan fingerprint density at radius 3 is 2.40 bits per heavy atom. The lowest BCUT2D eigenvalue weighted by Gasteiger charge is -2.30. The molecule has 106 valence electrons. The zero-order valence-corrected chi connectivity index (χ0v) is 13.0. The van der Waals surface area contributed by atoms with Crippen LogP contribution < -0.4 is 0 Å². The van der Waals surface area contributed by atoms with Crippen molar-refractivity contribution in [2.45, 2.75) is 26.3 Å². The predicted molar refractivity (Wildman–Crippen MR) is 84.5 cm³/mol. The van der Waals surface area contributed by atoms with Crippen molar-refractivity contribution in [3.05, 3.63) is 28.7 Å². The standard InChI is InChI=1S/C14H15NO3S2/c1-14(2,3)15-12(18)11(20-13(15)19)7-8-4-5-9(16)10(17)6-8/h4-7,16-17H,1-3H3. The molecule has 0 unspecified atom stereocenters. The van der Waals surface area contributed by atoms with Crippen molar-refractivity contribution in [1.29, 1.82) is 0 Å². The van der Waals surface area contributed by atoms with E-state index in [1.165, 1.54) is 23.9 Å². The Hall–Kier alpha value is -1.53. The minimum atomic E-state index is -0.367. The Labute approximate surface area is 127 Å². The molecule has 4 nitrogen and oxygen atoms in total. The van der Waals surface area contributed by atoms with Crippen molar-refractivity contribution in [3.63, 3.8) is 0 Å². The van der Waals surface area contributed by atoms with Gasteiger partial charge in [-0.1, -0.05) is 30.0 Å². The second-order valence-corrected chi connectivity index (χ2v) is 7.11. The fourth-order valence-electron chi connectivity index (χ4n) is 1.83. The molecule has 1 heterocycles. The highest BCUT2D eigenvalue weighted by molar-refractivity contribution is 8.26. The number of carbonyl (C=O) groups excluding carboxylic acids is 1. The van der Waals surface area contributed by atoms with Gasteiger partial charge in [-0.2, -0.15) is 0 Å². The number of thioether (sulfide) groups is 1. The first kappa shape index (κ1) is 14.9. The van der Waals surface area contributed by atoms with Gasteiger partial charge in [0.05, 0.1) is 4.91 Å². The molecule has 0 aromatic heterocycles. The fourth-order valence-corrected chi connectivity index (χ4v) is 3.46. The van der Waals surface area contributed by atoms with Crippen LogP contribution in [-0.2, 0) is 4.79 Å². The SMILES string of the molecule is CC(C)(C)N1C(=O)C(=Cc2ccc(O)c(O)c2)SC1=S. The number of hydrogen-bond donors (Lipinski definition) is 2. The molecular formula is C14H15NO3S2. The van der Waals surface area contributed by atoms with E-state index in [0.717, 1.165) is 0 Å². The van der Waals surface area contributed by atoms with Crippen molar-refractivity contribution < 1.29 is 15.0 Å². The average Bonchev–Trinajstić information content (AvgIpc) is 2.58. The smallest absolute Gasteiger partial charge is 0.266 e. The number of hydrogen-bond acceptors (Lipinski definition) is 5. The number of rotatable bonds is 1. The summed E-state index contributed by atoms with van der Waals surface area (Å²) in [6, 6.07) is 4.41. The number of thiocarbonyl (C=S) groups is 1. The molecule has 1 aromatic rings. The van der Waals surface area contributed by atoms with Crippen LogP contribution in [-0.4, -0.2) is 30.9 Å². The number of nitrogens with zero attached hydrogens (tertiary/aromatic N) is 1. The molecule has 6 heteroatoms. The molecule has 1 fully saturated rings. The largest absolute Gasteiger partial charge is 0.504 e. The monoisotopic (exact) mass is 309 g/mol. The highest BCUT2D eigenvalue weighted by Gasteiger charge is 2.38. The summed E-state index contributed by atoms with van der Waals surface area (Å²) in [6.07, 6.45) is 1.66. The summed E-state index contributed by atoms with van der Waals surface area (Å²) < 4.78 is 0.525.